The van der Waals surface area contributed by atoms with Crippen molar-refractivity contribution in [3.8, 4) is 0 Å². The molecule has 3 amide bonds. The average molecular weight is 536 g/mol. The van der Waals surface area contributed by atoms with Gasteiger partial charge in [-0.15, -0.1) is 11.8 Å². The van der Waals surface area contributed by atoms with Crippen LogP contribution in [0.2, 0.25) is 0 Å². The van der Waals surface area contributed by atoms with E-state index in [4.69, 9.17) is 0 Å². The molecule has 3 heterocycles. The van der Waals surface area contributed by atoms with E-state index in [0.29, 0.717) is 13.1 Å². The Labute approximate surface area is 228 Å². The Balaban J connectivity index is 1.46. The van der Waals surface area contributed by atoms with Crippen molar-refractivity contribution in [3.05, 3.63) is 71.8 Å². The third kappa shape index (κ3) is 4.41. The SMILES string of the molecule is CC(C)[C@H](CO)N1C(=O)[C@@H]2[C@H](C(=O)NCc3ccccc3)[C@@H]3CC(C)C2(S3)C1C(=O)NCc1ccccc1. The summed E-state index contributed by atoms with van der Waals surface area (Å²) in [6, 6.07) is 18.2. The van der Waals surface area contributed by atoms with Crippen molar-refractivity contribution in [2.45, 2.75) is 62.4 Å². The number of nitrogens with zero attached hydrogens (tertiary/aromatic N) is 1. The minimum absolute atomic E-state index is 0.0204. The molecule has 2 aromatic carbocycles. The Hall–Kier alpha value is -2.84. The zero-order valence-corrected chi connectivity index (χ0v) is 23.0. The number of aliphatic hydroxyl groups is 1. The normalized spacial score (nSPS) is 30.4. The van der Waals surface area contributed by atoms with E-state index in [1.54, 1.807) is 16.7 Å². The van der Waals surface area contributed by atoms with Crippen LogP contribution in [0.5, 0.6) is 0 Å². The molecule has 2 aromatic rings. The minimum atomic E-state index is -0.750. The van der Waals surface area contributed by atoms with E-state index >= 15 is 0 Å². The first-order valence-electron chi connectivity index (χ1n) is 13.5. The molecule has 202 valence electrons. The van der Waals surface area contributed by atoms with E-state index < -0.39 is 28.7 Å². The lowest BCUT2D eigenvalue weighted by Gasteiger charge is -2.40. The predicted molar refractivity (Wildman–Crippen MR) is 148 cm³/mol. The molecule has 3 aliphatic heterocycles. The van der Waals surface area contributed by atoms with Gasteiger partial charge in [0.2, 0.25) is 17.7 Å². The van der Waals surface area contributed by atoms with Crippen molar-refractivity contribution in [2.75, 3.05) is 6.61 Å². The third-order valence-corrected chi connectivity index (χ3v) is 10.7. The predicted octanol–water partition coefficient (Wildman–Crippen LogP) is 2.97. The zero-order chi connectivity index (χ0) is 27.0. The number of hydrogen-bond acceptors (Lipinski definition) is 5. The molecule has 3 aliphatic rings. The van der Waals surface area contributed by atoms with Crippen LogP contribution in [0.4, 0.5) is 0 Å². The van der Waals surface area contributed by atoms with Gasteiger partial charge < -0.3 is 20.6 Å². The zero-order valence-electron chi connectivity index (χ0n) is 22.2. The van der Waals surface area contributed by atoms with Crippen molar-refractivity contribution < 1.29 is 19.5 Å². The highest BCUT2D eigenvalue weighted by molar-refractivity contribution is 8.02. The maximum absolute atomic E-state index is 14.2. The van der Waals surface area contributed by atoms with Gasteiger partial charge in [0.1, 0.15) is 6.04 Å². The summed E-state index contributed by atoms with van der Waals surface area (Å²) in [6.07, 6.45) is 0.777. The molecule has 3 unspecified atom stereocenters. The van der Waals surface area contributed by atoms with Crippen LogP contribution >= 0.6 is 11.8 Å². The molecule has 0 radical (unpaired) electrons. The summed E-state index contributed by atoms with van der Waals surface area (Å²) in [6.45, 7) is 6.53. The summed E-state index contributed by atoms with van der Waals surface area (Å²) in [7, 11) is 0. The quantitative estimate of drug-likeness (QED) is 0.459. The Bertz CT molecular complexity index is 1180. The lowest BCUT2D eigenvalue weighted by Crippen LogP contribution is -2.59. The fourth-order valence-corrected chi connectivity index (χ4v) is 9.23. The number of fused-ring (bicyclic) bond motifs is 1. The molecule has 1 spiro atoms. The number of hydrogen-bond donors (Lipinski definition) is 3. The molecule has 3 saturated heterocycles. The van der Waals surface area contributed by atoms with E-state index in [1.165, 1.54) is 0 Å². The number of amides is 3. The number of rotatable bonds is 9. The lowest BCUT2D eigenvalue weighted by molar-refractivity contribution is -0.143. The second-order valence-electron chi connectivity index (χ2n) is 11.2. The second-order valence-corrected chi connectivity index (χ2v) is 12.7. The van der Waals surface area contributed by atoms with Crippen molar-refractivity contribution >= 4 is 29.5 Å². The van der Waals surface area contributed by atoms with Crippen LogP contribution in [0.3, 0.4) is 0 Å². The van der Waals surface area contributed by atoms with E-state index in [2.05, 4.69) is 17.6 Å². The molecule has 38 heavy (non-hydrogen) atoms. The number of aliphatic hydroxyl groups excluding tert-OH is 1. The topological polar surface area (TPSA) is 98.7 Å². The Morgan fingerprint density at radius 2 is 1.55 bits per heavy atom. The van der Waals surface area contributed by atoms with Crippen molar-refractivity contribution in [2.24, 2.45) is 23.7 Å². The Morgan fingerprint density at radius 3 is 2.08 bits per heavy atom. The van der Waals surface area contributed by atoms with Crippen LogP contribution in [0.25, 0.3) is 0 Å². The van der Waals surface area contributed by atoms with E-state index in [1.807, 2.05) is 74.5 Å². The summed E-state index contributed by atoms with van der Waals surface area (Å²) in [5.41, 5.74) is 1.97. The van der Waals surface area contributed by atoms with E-state index in [0.717, 1.165) is 17.5 Å². The molecule has 8 heteroatoms. The second kappa shape index (κ2) is 10.7. The van der Waals surface area contributed by atoms with Gasteiger partial charge in [-0.3, -0.25) is 14.4 Å². The van der Waals surface area contributed by atoms with Gasteiger partial charge >= 0.3 is 0 Å². The van der Waals surface area contributed by atoms with Gasteiger partial charge in [-0.05, 0) is 29.4 Å². The molecule has 3 N–H and O–H groups in total. The van der Waals surface area contributed by atoms with Crippen LogP contribution in [-0.2, 0) is 27.5 Å². The first kappa shape index (κ1) is 26.8. The Kier molecular flexibility index (Phi) is 7.56. The molecule has 0 aromatic heterocycles. The lowest BCUT2D eigenvalue weighted by atomic mass is 9.66. The third-order valence-electron chi connectivity index (χ3n) is 8.67. The monoisotopic (exact) mass is 535 g/mol. The van der Waals surface area contributed by atoms with Gasteiger partial charge in [0.05, 0.1) is 29.2 Å². The van der Waals surface area contributed by atoms with Crippen LogP contribution in [-0.4, -0.2) is 56.4 Å². The van der Waals surface area contributed by atoms with Crippen molar-refractivity contribution in [1.29, 1.82) is 0 Å². The van der Waals surface area contributed by atoms with Gasteiger partial charge in [-0.1, -0.05) is 81.4 Å². The summed E-state index contributed by atoms with van der Waals surface area (Å²) < 4.78 is -0.709. The number of likely N-dealkylation sites (tertiary alicyclic amines) is 1. The minimum Gasteiger partial charge on any atom is -0.394 e. The molecule has 7 nitrogen and oxygen atoms in total. The average Bonchev–Trinajstić information content (AvgIpc) is 3.51. The van der Waals surface area contributed by atoms with Crippen LogP contribution < -0.4 is 10.6 Å². The van der Waals surface area contributed by atoms with E-state index in [-0.39, 0.29) is 41.4 Å². The maximum atomic E-state index is 14.2. The molecule has 2 bridgehead atoms. The summed E-state index contributed by atoms with van der Waals surface area (Å²) in [5, 5.41) is 16.5. The van der Waals surface area contributed by atoms with Crippen molar-refractivity contribution in [1.82, 2.24) is 15.5 Å². The van der Waals surface area contributed by atoms with Gasteiger partial charge in [-0.2, -0.15) is 0 Å². The molecular formula is C30H37N3O4S. The number of thioether (sulfide) groups is 1. The summed E-state index contributed by atoms with van der Waals surface area (Å²) >= 11 is 1.66. The maximum Gasteiger partial charge on any atom is 0.244 e. The van der Waals surface area contributed by atoms with Crippen LogP contribution in [0, 0.1) is 23.7 Å². The van der Waals surface area contributed by atoms with Gasteiger partial charge in [-0.25, -0.2) is 0 Å². The van der Waals surface area contributed by atoms with E-state index in [9.17, 15) is 19.5 Å². The number of carbonyl (C=O) groups excluding carboxylic acids is 3. The number of carbonyl (C=O) groups is 3. The first-order chi connectivity index (χ1) is 18.3. The first-order valence-corrected chi connectivity index (χ1v) is 14.4. The number of nitrogens with one attached hydrogen (secondary N) is 2. The highest BCUT2D eigenvalue weighted by atomic mass is 32.2. The standard InChI is InChI=1S/C30H37N3O4S/c1-18(2)22(17-34)33-26(28(36)32-16-21-12-8-5-9-13-21)30-19(3)14-23(38-30)24(25(30)29(33)37)27(35)31-15-20-10-6-4-7-11-20/h4-13,18-19,22-26,34H,14-17H2,1-3H3,(H,31,35)(H,32,36)/t19?,22-,23-,24+,25-,26?,30?/m0/s1. The molecule has 0 aliphatic carbocycles. The van der Waals surface area contributed by atoms with Crippen molar-refractivity contribution in [3.63, 3.8) is 0 Å². The van der Waals surface area contributed by atoms with Crippen LogP contribution in [0.1, 0.15) is 38.3 Å². The smallest absolute Gasteiger partial charge is 0.244 e. The highest BCUT2D eigenvalue weighted by Crippen LogP contribution is 2.68. The highest BCUT2D eigenvalue weighted by Gasteiger charge is 2.76. The van der Waals surface area contributed by atoms with Gasteiger partial charge in [0.25, 0.3) is 0 Å². The molecular weight excluding hydrogens is 498 g/mol. The number of benzene rings is 2. The summed E-state index contributed by atoms with van der Waals surface area (Å²) in [5.74, 6) is -1.60. The fraction of sp³-hybridized carbons (Fsp3) is 0.500. The fourth-order valence-electron chi connectivity index (χ4n) is 6.82. The van der Waals surface area contributed by atoms with Gasteiger partial charge in [0.15, 0.2) is 0 Å². The van der Waals surface area contributed by atoms with Gasteiger partial charge in [0, 0.05) is 18.3 Å². The summed E-state index contributed by atoms with van der Waals surface area (Å²) in [4.78, 5) is 43.5. The molecule has 0 saturated carbocycles. The molecule has 3 fully saturated rings. The van der Waals surface area contributed by atoms with Crippen LogP contribution in [0.15, 0.2) is 60.7 Å². The molecule has 5 rings (SSSR count). The molecule has 7 atom stereocenters. The largest absolute Gasteiger partial charge is 0.394 e. The Morgan fingerprint density at radius 1 is 1.00 bits per heavy atom.